The molecule has 4 nitrogen and oxygen atoms in total. The Morgan fingerprint density at radius 3 is 2.42 bits per heavy atom. The number of carbonyl (C=O) groups is 1. The van der Waals surface area contributed by atoms with E-state index >= 15 is 0 Å². The summed E-state index contributed by atoms with van der Waals surface area (Å²) in [5, 5.41) is 3.03. The summed E-state index contributed by atoms with van der Waals surface area (Å²) >= 11 is 0. The van der Waals surface area contributed by atoms with Crippen molar-refractivity contribution in [3.05, 3.63) is 59.2 Å². The maximum Gasteiger partial charge on any atom is 0.251 e. The van der Waals surface area contributed by atoms with Crippen LogP contribution in [-0.4, -0.2) is 19.1 Å². The van der Waals surface area contributed by atoms with Crippen LogP contribution in [0.1, 0.15) is 48.3 Å². The van der Waals surface area contributed by atoms with Crippen LogP contribution in [0.15, 0.2) is 42.5 Å². The Morgan fingerprint density at radius 2 is 1.75 bits per heavy atom. The van der Waals surface area contributed by atoms with Gasteiger partial charge in [-0.05, 0) is 57.5 Å². The third-order valence-corrected chi connectivity index (χ3v) is 3.70. The molecule has 0 aliphatic carbocycles. The molecular formula is C20H25NO3. The van der Waals surface area contributed by atoms with E-state index in [2.05, 4.69) is 5.32 Å². The highest BCUT2D eigenvalue weighted by Gasteiger charge is 2.14. The molecule has 24 heavy (non-hydrogen) atoms. The maximum atomic E-state index is 12.4. The van der Waals surface area contributed by atoms with Crippen LogP contribution in [0.2, 0.25) is 0 Å². The van der Waals surface area contributed by atoms with Crippen LogP contribution in [0.4, 0.5) is 0 Å². The second-order valence-corrected chi connectivity index (χ2v) is 5.64. The molecule has 2 aromatic rings. The Labute approximate surface area is 143 Å². The summed E-state index contributed by atoms with van der Waals surface area (Å²) in [5.41, 5.74) is 2.70. The molecule has 0 fully saturated rings. The molecule has 0 bridgehead atoms. The van der Waals surface area contributed by atoms with Crippen molar-refractivity contribution in [1.82, 2.24) is 5.32 Å². The fourth-order valence-corrected chi connectivity index (χ4v) is 2.49. The molecule has 4 heteroatoms. The minimum Gasteiger partial charge on any atom is -0.490 e. The molecule has 0 saturated heterocycles. The van der Waals surface area contributed by atoms with Crippen molar-refractivity contribution in [2.75, 3.05) is 13.2 Å². The Bertz CT molecular complexity index is 697. The van der Waals surface area contributed by atoms with Gasteiger partial charge in [0.2, 0.25) is 0 Å². The molecule has 2 rings (SSSR count). The van der Waals surface area contributed by atoms with Gasteiger partial charge < -0.3 is 14.8 Å². The maximum absolute atomic E-state index is 12.4. The van der Waals surface area contributed by atoms with Gasteiger partial charge in [-0.3, -0.25) is 4.79 Å². The van der Waals surface area contributed by atoms with Crippen LogP contribution in [0.3, 0.4) is 0 Å². The monoisotopic (exact) mass is 327 g/mol. The number of amides is 1. The van der Waals surface area contributed by atoms with Crippen LogP contribution in [0.25, 0.3) is 0 Å². The van der Waals surface area contributed by atoms with Crippen molar-refractivity contribution >= 4 is 5.91 Å². The predicted octanol–water partition coefficient (Wildman–Crippen LogP) is 4.28. The molecule has 0 aliphatic rings. The molecule has 0 saturated carbocycles. The molecule has 1 amide bonds. The number of rotatable bonds is 7. The van der Waals surface area contributed by atoms with Gasteiger partial charge in [0.05, 0.1) is 19.3 Å². The second kappa shape index (κ2) is 8.39. The van der Waals surface area contributed by atoms with Gasteiger partial charge >= 0.3 is 0 Å². The van der Waals surface area contributed by atoms with Crippen LogP contribution in [-0.2, 0) is 0 Å². The number of hydrogen-bond acceptors (Lipinski definition) is 3. The first-order chi connectivity index (χ1) is 11.5. The average Bonchev–Trinajstić information content (AvgIpc) is 2.56. The molecule has 128 valence electrons. The van der Waals surface area contributed by atoms with Gasteiger partial charge in [-0.25, -0.2) is 0 Å². The normalized spacial score (nSPS) is 11.7. The number of nitrogens with one attached hydrogen (secondary N) is 1. The van der Waals surface area contributed by atoms with Crippen molar-refractivity contribution in [1.29, 1.82) is 0 Å². The number of carbonyl (C=O) groups excluding carboxylic acids is 1. The fraction of sp³-hybridized carbons (Fsp3) is 0.350. The summed E-state index contributed by atoms with van der Waals surface area (Å²) < 4.78 is 11.2. The molecule has 0 heterocycles. The predicted molar refractivity (Wildman–Crippen MR) is 95.8 cm³/mol. The summed E-state index contributed by atoms with van der Waals surface area (Å²) in [5.74, 6) is 1.34. The van der Waals surface area contributed by atoms with Crippen molar-refractivity contribution in [2.45, 2.75) is 33.7 Å². The van der Waals surface area contributed by atoms with E-state index in [1.165, 1.54) is 0 Å². The van der Waals surface area contributed by atoms with Crippen LogP contribution < -0.4 is 14.8 Å². The topological polar surface area (TPSA) is 47.6 Å². The highest BCUT2D eigenvalue weighted by molar-refractivity contribution is 5.94. The van der Waals surface area contributed by atoms with E-state index in [0.29, 0.717) is 24.5 Å². The zero-order chi connectivity index (χ0) is 17.5. The number of aryl methyl sites for hydroxylation is 1. The van der Waals surface area contributed by atoms with Gasteiger partial charge in [-0.2, -0.15) is 0 Å². The van der Waals surface area contributed by atoms with Crippen molar-refractivity contribution in [3.63, 3.8) is 0 Å². The number of hydrogen-bond donors (Lipinski definition) is 1. The van der Waals surface area contributed by atoms with Gasteiger partial charge in [0.1, 0.15) is 0 Å². The molecule has 0 aromatic heterocycles. The Morgan fingerprint density at radius 1 is 1.04 bits per heavy atom. The molecule has 2 aromatic carbocycles. The SMILES string of the molecule is CCOc1ccc([C@H](C)NC(=O)c2cccc(C)c2)cc1OCC. The minimum absolute atomic E-state index is 0.0851. The smallest absolute Gasteiger partial charge is 0.251 e. The number of benzene rings is 2. The summed E-state index contributed by atoms with van der Waals surface area (Å²) in [6, 6.07) is 13.2. The zero-order valence-electron chi connectivity index (χ0n) is 14.8. The van der Waals surface area contributed by atoms with Crippen LogP contribution in [0.5, 0.6) is 11.5 Å². The van der Waals surface area contributed by atoms with Crippen LogP contribution >= 0.6 is 0 Å². The van der Waals surface area contributed by atoms with Crippen molar-refractivity contribution < 1.29 is 14.3 Å². The Kier molecular flexibility index (Phi) is 6.24. The lowest BCUT2D eigenvalue weighted by molar-refractivity contribution is 0.0939. The molecule has 1 N–H and O–H groups in total. The Hall–Kier alpha value is -2.49. The van der Waals surface area contributed by atoms with Crippen molar-refractivity contribution in [3.8, 4) is 11.5 Å². The molecule has 1 atom stereocenters. The summed E-state index contributed by atoms with van der Waals surface area (Å²) in [7, 11) is 0. The molecule has 0 unspecified atom stereocenters. The molecule has 0 aliphatic heterocycles. The Balaban J connectivity index is 2.15. The van der Waals surface area contributed by atoms with E-state index in [0.717, 1.165) is 16.9 Å². The lowest BCUT2D eigenvalue weighted by Gasteiger charge is -2.17. The van der Waals surface area contributed by atoms with Gasteiger partial charge in [-0.15, -0.1) is 0 Å². The van der Waals surface area contributed by atoms with Gasteiger partial charge in [-0.1, -0.05) is 23.8 Å². The molecular weight excluding hydrogens is 302 g/mol. The van der Waals surface area contributed by atoms with Gasteiger partial charge in [0, 0.05) is 5.56 Å². The highest BCUT2D eigenvalue weighted by atomic mass is 16.5. The number of ether oxygens (including phenoxy) is 2. The second-order valence-electron chi connectivity index (χ2n) is 5.64. The lowest BCUT2D eigenvalue weighted by Crippen LogP contribution is -2.26. The first-order valence-corrected chi connectivity index (χ1v) is 8.32. The average molecular weight is 327 g/mol. The summed E-state index contributed by atoms with van der Waals surface area (Å²) in [6.45, 7) is 8.95. The standard InChI is InChI=1S/C20H25NO3/c1-5-23-18-11-10-16(13-19(18)24-6-2)15(4)21-20(22)17-9-7-8-14(3)12-17/h7-13,15H,5-6H2,1-4H3,(H,21,22)/t15-/m0/s1. The third-order valence-electron chi connectivity index (χ3n) is 3.70. The molecule has 0 spiro atoms. The third kappa shape index (κ3) is 4.51. The van der Waals surface area contributed by atoms with E-state index in [1.807, 2.05) is 70.2 Å². The van der Waals surface area contributed by atoms with E-state index in [9.17, 15) is 4.79 Å². The molecule has 0 radical (unpaired) electrons. The summed E-state index contributed by atoms with van der Waals surface area (Å²) in [6.07, 6.45) is 0. The van der Waals surface area contributed by atoms with Crippen molar-refractivity contribution in [2.24, 2.45) is 0 Å². The van der Waals surface area contributed by atoms with E-state index in [-0.39, 0.29) is 11.9 Å². The van der Waals surface area contributed by atoms with E-state index in [4.69, 9.17) is 9.47 Å². The summed E-state index contributed by atoms with van der Waals surface area (Å²) in [4.78, 5) is 12.4. The largest absolute Gasteiger partial charge is 0.490 e. The highest BCUT2D eigenvalue weighted by Crippen LogP contribution is 2.30. The zero-order valence-corrected chi connectivity index (χ0v) is 14.8. The van der Waals surface area contributed by atoms with Gasteiger partial charge in [0.25, 0.3) is 5.91 Å². The van der Waals surface area contributed by atoms with E-state index in [1.54, 1.807) is 0 Å². The van der Waals surface area contributed by atoms with E-state index < -0.39 is 0 Å². The minimum atomic E-state index is -0.132. The fourth-order valence-electron chi connectivity index (χ4n) is 2.49. The van der Waals surface area contributed by atoms with Crippen LogP contribution in [0, 0.1) is 6.92 Å². The first-order valence-electron chi connectivity index (χ1n) is 8.32. The van der Waals surface area contributed by atoms with Gasteiger partial charge in [0.15, 0.2) is 11.5 Å². The first kappa shape index (κ1) is 17.9. The quantitative estimate of drug-likeness (QED) is 0.825. The lowest BCUT2D eigenvalue weighted by atomic mass is 10.1.